The highest BCUT2D eigenvalue weighted by molar-refractivity contribution is 5.98. The molecule has 0 unspecified atom stereocenters. The van der Waals surface area contributed by atoms with Gasteiger partial charge in [0, 0.05) is 26.8 Å². The topological polar surface area (TPSA) is 82.5 Å². The third-order valence-corrected chi connectivity index (χ3v) is 4.15. The first-order valence-corrected chi connectivity index (χ1v) is 8.80. The Morgan fingerprint density at radius 2 is 1.70 bits per heavy atom. The van der Waals surface area contributed by atoms with Crippen molar-refractivity contribution in [3.63, 3.8) is 0 Å². The van der Waals surface area contributed by atoms with Crippen LogP contribution in [0.2, 0.25) is 0 Å². The van der Waals surface area contributed by atoms with Gasteiger partial charge in [-0.2, -0.15) is 13.2 Å². The van der Waals surface area contributed by atoms with Crippen molar-refractivity contribution in [2.24, 2.45) is 0 Å². The highest BCUT2D eigenvalue weighted by atomic mass is 19.4. The zero-order valence-electron chi connectivity index (χ0n) is 16.3. The van der Waals surface area contributed by atoms with E-state index in [1.54, 1.807) is 30.3 Å². The van der Waals surface area contributed by atoms with Crippen molar-refractivity contribution in [1.82, 2.24) is 9.88 Å². The molecule has 158 valence electrons. The fraction of sp³-hybridized carbons (Fsp3) is 0.190. The van der Waals surface area contributed by atoms with E-state index in [4.69, 9.17) is 9.90 Å². The van der Waals surface area contributed by atoms with Crippen LogP contribution < -0.4 is 5.32 Å². The van der Waals surface area contributed by atoms with Crippen molar-refractivity contribution in [1.29, 1.82) is 0 Å². The summed E-state index contributed by atoms with van der Waals surface area (Å²) in [4.78, 5) is 27.5. The fourth-order valence-electron chi connectivity index (χ4n) is 2.74. The number of hydrogen-bond acceptors (Lipinski definition) is 4. The smallest absolute Gasteiger partial charge is 0.475 e. The van der Waals surface area contributed by atoms with Crippen LogP contribution in [0.25, 0.3) is 10.8 Å². The maximum Gasteiger partial charge on any atom is 0.490 e. The first-order valence-electron chi connectivity index (χ1n) is 8.80. The van der Waals surface area contributed by atoms with Crippen molar-refractivity contribution in [2.75, 3.05) is 19.4 Å². The van der Waals surface area contributed by atoms with E-state index in [0.717, 1.165) is 5.56 Å². The van der Waals surface area contributed by atoms with Crippen molar-refractivity contribution in [3.8, 4) is 0 Å². The molecule has 0 atom stereocenters. The van der Waals surface area contributed by atoms with Crippen LogP contribution in [-0.4, -0.2) is 47.1 Å². The number of pyridine rings is 1. The van der Waals surface area contributed by atoms with Crippen LogP contribution in [0.4, 0.5) is 19.0 Å². The third kappa shape index (κ3) is 5.69. The van der Waals surface area contributed by atoms with E-state index in [1.807, 2.05) is 25.2 Å². The Hall–Kier alpha value is -3.62. The van der Waals surface area contributed by atoms with Gasteiger partial charge >= 0.3 is 12.1 Å². The van der Waals surface area contributed by atoms with E-state index >= 15 is 0 Å². The number of carbonyl (C=O) groups excluding carboxylic acids is 1. The van der Waals surface area contributed by atoms with Crippen molar-refractivity contribution >= 4 is 28.5 Å². The summed E-state index contributed by atoms with van der Waals surface area (Å²) in [5, 5.41) is 12.5. The van der Waals surface area contributed by atoms with Gasteiger partial charge in [-0.15, -0.1) is 0 Å². The molecule has 0 bridgehead atoms. The second kappa shape index (κ2) is 9.73. The number of fused-ring (bicyclic) bond motifs is 1. The maximum absolute atomic E-state index is 12.7. The number of rotatable bonds is 4. The highest BCUT2D eigenvalue weighted by Gasteiger charge is 2.38. The minimum Gasteiger partial charge on any atom is -0.475 e. The standard InChI is InChI=1S/C19H19N3O.C2HF3O2/c1-20-18-17(11-6-12-21-18)19(23)22(2)13-15-9-5-8-14-7-3-4-10-16(14)15;3-2(4,5)1(6)7/h3-12H,13H2,1-2H3,(H,20,21);(H,6,7). The molecule has 0 fully saturated rings. The van der Waals surface area contributed by atoms with Gasteiger partial charge in [0.2, 0.25) is 0 Å². The van der Waals surface area contributed by atoms with E-state index in [2.05, 4.69) is 34.6 Å². The van der Waals surface area contributed by atoms with Crippen molar-refractivity contribution in [2.45, 2.75) is 12.7 Å². The second-order valence-corrected chi connectivity index (χ2v) is 6.25. The minimum atomic E-state index is -5.08. The molecule has 0 aliphatic rings. The molecule has 0 radical (unpaired) electrons. The molecule has 0 spiro atoms. The van der Waals surface area contributed by atoms with E-state index in [0.29, 0.717) is 17.9 Å². The number of halogens is 3. The average Bonchev–Trinajstić information content (AvgIpc) is 2.73. The van der Waals surface area contributed by atoms with Crippen LogP contribution in [0.1, 0.15) is 15.9 Å². The lowest BCUT2D eigenvalue weighted by molar-refractivity contribution is -0.192. The number of aliphatic carboxylic acids is 1. The first kappa shape index (κ1) is 22.7. The van der Waals surface area contributed by atoms with Crippen LogP contribution in [0.3, 0.4) is 0 Å². The molecule has 2 aromatic carbocycles. The highest BCUT2D eigenvalue weighted by Crippen LogP contribution is 2.21. The Morgan fingerprint density at radius 1 is 1.07 bits per heavy atom. The number of carboxylic acids is 1. The van der Waals surface area contributed by atoms with Crippen LogP contribution in [0, 0.1) is 0 Å². The van der Waals surface area contributed by atoms with E-state index in [9.17, 15) is 18.0 Å². The van der Waals surface area contributed by atoms with Gasteiger partial charge in [0.1, 0.15) is 5.82 Å². The molecule has 9 heteroatoms. The lowest BCUT2D eigenvalue weighted by Gasteiger charge is -2.19. The normalized spacial score (nSPS) is 10.7. The summed E-state index contributed by atoms with van der Waals surface area (Å²) in [6, 6.07) is 18.0. The average molecular weight is 419 g/mol. The SMILES string of the molecule is CNc1ncccc1C(=O)N(C)Cc1cccc2ccccc12.O=C(O)C(F)(F)F. The molecular formula is C21H20F3N3O3. The van der Waals surface area contributed by atoms with Gasteiger partial charge in [-0.25, -0.2) is 9.78 Å². The molecule has 30 heavy (non-hydrogen) atoms. The number of nitrogens with zero attached hydrogens (tertiary/aromatic N) is 2. The summed E-state index contributed by atoms with van der Waals surface area (Å²) in [5.41, 5.74) is 1.71. The molecule has 0 saturated carbocycles. The summed E-state index contributed by atoms with van der Waals surface area (Å²) < 4.78 is 31.7. The molecule has 2 N–H and O–H groups in total. The van der Waals surface area contributed by atoms with Crippen LogP contribution in [-0.2, 0) is 11.3 Å². The number of benzene rings is 2. The Bertz CT molecular complexity index is 1030. The third-order valence-electron chi connectivity index (χ3n) is 4.15. The monoisotopic (exact) mass is 419 g/mol. The van der Waals surface area contributed by atoms with Gasteiger partial charge in [0.25, 0.3) is 5.91 Å². The molecule has 1 aromatic heterocycles. The number of alkyl halides is 3. The van der Waals surface area contributed by atoms with Gasteiger partial charge in [0.15, 0.2) is 0 Å². The zero-order chi connectivity index (χ0) is 22.3. The largest absolute Gasteiger partial charge is 0.490 e. The summed E-state index contributed by atoms with van der Waals surface area (Å²) in [6.45, 7) is 0.554. The van der Waals surface area contributed by atoms with Crippen LogP contribution >= 0.6 is 0 Å². The summed E-state index contributed by atoms with van der Waals surface area (Å²) in [6.07, 6.45) is -3.41. The molecule has 0 aliphatic carbocycles. The summed E-state index contributed by atoms with van der Waals surface area (Å²) >= 11 is 0. The van der Waals surface area contributed by atoms with Crippen LogP contribution in [0.5, 0.6) is 0 Å². The number of carboxylic acid groups (broad SMARTS) is 1. The van der Waals surface area contributed by atoms with E-state index < -0.39 is 12.1 Å². The van der Waals surface area contributed by atoms with Gasteiger partial charge in [0.05, 0.1) is 5.56 Å². The molecule has 3 rings (SSSR count). The van der Waals surface area contributed by atoms with Gasteiger partial charge in [-0.1, -0.05) is 42.5 Å². The Kier molecular flexibility index (Phi) is 7.35. The lowest BCUT2D eigenvalue weighted by atomic mass is 10.0. The zero-order valence-corrected chi connectivity index (χ0v) is 16.3. The number of anilines is 1. The molecule has 6 nitrogen and oxygen atoms in total. The molecular weight excluding hydrogens is 399 g/mol. The molecule has 1 heterocycles. The Labute approximate surface area is 171 Å². The predicted molar refractivity (Wildman–Crippen MR) is 107 cm³/mol. The van der Waals surface area contributed by atoms with Crippen molar-refractivity contribution in [3.05, 3.63) is 71.9 Å². The Morgan fingerprint density at radius 3 is 2.33 bits per heavy atom. The Balaban J connectivity index is 0.000000396. The number of nitrogens with one attached hydrogen (secondary N) is 1. The van der Waals surface area contributed by atoms with E-state index in [1.165, 1.54) is 10.8 Å². The number of carbonyl (C=O) groups is 2. The maximum atomic E-state index is 12.7. The van der Waals surface area contributed by atoms with Gasteiger partial charge in [-0.05, 0) is 28.5 Å². The quantitative estimate of drug-likeness (QED) is 0.663. The molecule has 0 aliphatic heterocycles. The lowest BCUT2D eigenvalue weighted by Crippen LogP contribution is -2.27. The first-order chi connectivity index (χ1) is 14.1. The fourth-order valence-corrected chi connectivity index (χ4v) is 2.74. The number of aromatic nitrogens is 1. The number of amides is 1. The second-order valence-electron chi connectivity index (χ2n) is 6.25. The van der Waals surface area contributed by atoms with Gasteiger partial charge < -0.3 is 15.3 Å². The van der Waals surface area contributed by atoms with E-state index in [-0.39, 0.29) is 5.91 Å². The summed E-state index contributed by atoms with van der Waals surface area (Å²) in [5.74, 6) is -2.20. The van der Waals surface area contributed by atoms with Crippen molar-refractivity contribution < 1.29 is 27.9 Å². The predicted octanol–water partition coefficient (Wildman–Crippen LogP) is 4.18. The molecule has 0 saturated heterocycles. The van der Waals surface area contributed by atoms with Crippen LogP contribution in [0.15, 0.2) is 60.8 Å². The minimum absolute atomic E-state index is 0.0459. The molecule has 3 aromatic rings. The summed E-state index contributed by atoms with van der Waals surface area (Å²) in [7, 11) is 3.58. The van der Waals surface area contributed by atoms with Gasteiger partial charge in [-0.3, -0.25) is 4.79 Å². The number of hydrogen-bond donors (Lipinski definition) is 2. The molecule has 1 amide bonds.